The quantitative estimate of drug-likeness (QED) is 0.840. The van der Waals surface area contributed by atoms with Crippen molar-refractivity contribution in [1.82, 2.24) is 14.7 Å². The van der Waals surface area contributed by atoms with Gasteiger partial charge in [-0.05, 0) is 37.7 Å². The van der Waals surface area contributed by atoms with Crippen molar-refractivity contribution < 1.29 is 9.53 Å². The van der Waals surface area contributed by atoms with E-state index in [9.17, 15) is 4.79 Å². The summed E-state index contributed by atoms with van der Waals surface area (Å²) in [4.78, 5) is 23.9. The van der Waals surface area contributed by atoms with Crippen molar-refractivity contribution in [2.45, 2.75) is 13.8 Å². The zero-order valence-electron chi connectivity index (χ0n) is 14.6. The van der Waals surface area contributed by atoms with Gasteiger partial charge in [-0.15, -0.1) is 0 Å². The Balaban J connectivity index is 1.67. The van der Waals surface area contributed by atoms with Crippen LogP contribution in [-0.4, -0.2) is 79.0 Å². The molecule has 24 heavy (non-hydrogen) atoms. The molecule has 1 amide bonds. The van der Waals surface area contributed by atoms with Crippen LogP contribution in [0.15, 0.2) is 29.3 Å². The second-order valence-electron chi connectivity index (χ2n) is 6.02. The summed E-state index contributed by atoms with van der Waals surface area (Å²) in [7, 11) is 0. The molecular weight excluding hydrogens is 304 g/mol. The van der Waals surface area contributed by atoms with E-state index < -0.39 is 0 Å². The van der Waals surface area contributed by atoms with Gasteiger partial charge >= 0.3 is 0 Å². The first-order valence-electron chi connectivity index (χ1n) is 8.79. The average Bonchev–Trinajstić information content (AvgIpc) is 3.12. The van der Waals surface area contributed by atoms with Crippen molar-refractivity contribution in [2.24, 2.45) is 4.99 Å². The Morgan fingerprint density at radius 1 is 1.08 bits per heavy atom. The van der Waals surface area contributed by atoms with E-state index in [1.165, 1.54) is 0 Å². The fraction of sp³-hybridized carbons (Fsp3) is 0.556. The lowest BCUT2D eigenvalue weighted by Gasteiger charge is -2.37. The van der Waals surface area contributed by atoms with Crippen LogP contribution in [-0.2, 0) is 0 Å². The second-order valence-corrected chi connectivity index (χ2v) is 6.02. The topological polar surface area (TPSA) is 48.4 Å². The summed E-state index contributed by atoms with van der Waals surface area (Å²) in [5.41, 5.74) is 0.681. The van der Waals surface area contributed by atoms with E-state index in [-0.39, 0.29) is 5.91 Å². The molecule has 6 nitrogen and oxygen atoms in total. The lowest BCUT2D eigenvalue weighted by atomic mass is 10.2. The van der Waals surface area contributed by atoms with E-state index in [1.54, 1.807) is 0 Å². The van der Waals surface area contributed by atoms with Crippen LogP contribution >= 0.6 is 0 Å². The van der Waals surface area contributed by atoms with E-state index in [4.69, 9.17) is 4.74 Å². The van der Waals surface area contributed by atoms with Crippen LogP contribution in [0.4, 0.5) is 0 Å². The van der Waals surface area contributed by atoms with E-state index >= 15 is 0 Å². The molecule has 0 bridgehead atoms. The predicted octanol–water partition coefficient (Wildman–Crippen LogP) is 1.53. The number of guanidine groups is 1. The number of nitrogens with zero attached hydrogens (tertiary/aromatic N) is 4. The highest BCUT2D eigenvalue weighted by molar-refractivity contribution is 6.06. The smallest absolute Gasteiger partial charge is 0.260 e. The molecule has 1 fully saturated rings. The Kier molecular flexibility index (Phi) is 5.35. The molecule has 130 valence electrons. The Labute approximate surface area is 143 Å². The summed E-state index contributed by atoms with van der Waals surface area (Å²) in [6.45, 7) is 11.1. The van der Waals surface area contributed by atoms with Gasteiger partial charge in [-0.2, -0.15) is 0 Å². The maximum absolute atomic E-state index is 12.9. The van der Waals surface area contributed by atoms with Crippen LogP contribution in [0.1, 0.15) is 24.2 Å². The number of hydrogen-bond donors (Lipinski definition) is 0. The lowest BCUT2D eigenvalue weighted by molar-refractivity contribution is 0.0834. The predicted molar refractivity (Wildman–Crippen MR) is 94.6 cm³/mol. The molecule has 0 radical (unpaired) electrons. The minimum atomic E-state index is 0.0206. The van der Waals surface area contributed by atoms with Gasteiger partial charge < -0.3 is 14.5 Å². The maximum Gasteiger partial charge on any atom is 0.260 e. The Hall–Kier alpha value is -2.08. The lowest BCUT2D eigenvalue weighted by Crippen LogP contribution is -2.53. The number of ether oxygens (including phenoxy) is 1. The number of aliphatic imine (C=N–C) groups is 1. The molecule has 2 aliphatic heterocycles. The molecule has 0 N–H and O–H groups in total. The number of piperazine rings is 1. The number of likely N-dealkylation sites (N-methyl/N-ethyl adjacent to an activating group) is 1. The standard InChI is InChI=1S/C18H26N4O2/c1-3-20-11-13-21(14-12-20)18-19-9-10-22(18)17(23)15-5-7-16(8-6-15)24-4-2/h5-8H,3-4,9-14H2,1-2H3. The first-order chi connectivity index (χ1) is 11.7. The highest BCUT2D eigenvalue weighted by Gasteiger charge is 2.30. The summed E-state index contributed by atoms with van der Waals surface area (Å²) in [5.74, 6) is 1.65. The zero-order valence-corrected chi connectivity index (χ0v) is 14.6. The molecular formula is C18H26N4O2. The van der Waals surface area contributed by atoms with Crippen LogP contribution in [0.2, 0.25) is 0 Å². The number of amides is 1. The second kappa shape index (κ2) is 7.66. The summed E-state index contributed by atoms with van der Waals surface area (Å²) in [6, 6.07) is 7.36. The average molecular weight is 330 g/mol. The summed E-state index contributed by atoms with van der Waals surface area (Å²) >= 11 is 0. The van der Waals surface area contributed by atoms with Gasteiger partial charge in [0.25, 0.3) is 5.91 Å². The first-order valence-corrected chi connectivity index (χ1v) is 8.79. The van der Waals surface area contributed by atoms with Crippen molar-refractivity contribution in [2.75, 3.05) is 52.4 Å². The number of rotatable bonds is 4. The third-order valence-electron chi connectivity index (χ3n) is 4.58. The number of benzene rings is 1. The molecule has 0 unspecified atom stereocenters. The third-order valence-corrected chi connectivity index (χ3v) is 4.58. The molecule has 0 spiro atoms. The van der Waals surface area contributed by atoms with Crippen molar-refractivity contribution in [3.63, 3.8) is 0 Å². The zero-order chi connectivity index (χ0) is 16.9. The van der Waals surface area contributed by atoms with Crippen molar-refractivity contribution in [3.8, 4) is 5.75 Å². The molecule has 0 saturated carbocycles. The molecule has 6 heteroatoms. The van der Waals surface area contributed by atoms with Gasteiger partial charge in [-0.3, -0.25) is 14.7 Å². The molecule has 0 atom stereocenters. The first kappa shape index (κ1) is 16.8. The Morgan fingerprint density at radius 2 is 1.79 bits per heavy atom. The number of carbonyl (C=O) groups is 1. The minimum Gasteiger partial charge on any atom is -0.494 e. The number of hydrogen-bond acceptors (Lipinski definition) is 5. The fourth-order valence-electron chi connectivity index (χ4n) is 3.18. The van der Waals surface area contributed by atoms with Gasteiger partial charge in [0.05, 0.1) is 13.2 Å². The van der Waals surface area contributed by atoms with E-state index in [0.29, 0.717) is 25.3 Å². The van der Waals surface area contributed by atoms with Gasteiger partial charge in [0.1, 0.15) is 5.75 Å². The third kappa shape index (κ3) is 3.53. The summed E-state index contributed by atoms with van der Waals surface area (Å²) in [6.07, 6.45) is 0. The molecule has 0 aliphatic carbocycles. The fourth-order valence-corrected chi connectivity index (χ4v) is 3.18. The van der Waals surface area contributed by atoms with Gasteiger partial charge in [0, 0.05) is 38.3 Å². The molecule has 1 aromatic rings. The Bertz CT molecular complexity index is 592. The highest BCUT2D eigenvalue weighted by atomic mass is 16.5. The van der Waals surface area contributed by atoms with Crippen LogP contribution in [0.5, 0.6) is 5.75 Å². The number of carbonyl (C=O) groups excluding carboxylic acids is 1. The van der Waals surface area contributed by atoms with Crippen LogP contribution in [0.3, 0.4) is 0 Å². The largest absolute Gasteiger partial charge is 0.494 e. The SMILES string of the molecule is CCOc1ccc(C(=O)N2CCN=C2N2CCN(CC)CC2)cc1. The van der Waals surface area contributed by atoms with E-state index in [1.807, 2.05) is 36.1 Å². The highest BCUT2D eigenvalue weighted by Crippen LogP contribution is 2.17. The van der Waals surface area contributed by atoms with Crippen molar-refractivity contribution in [1.29, 1.82) is 0 Å². The molecule has 1 aromatic carbocycles. The van der Waals surface area contributed by atoms with Gasteiger partial charge in [-0.1, -0.05) is 6.92 Å². The van der Waals surface area contributed by atoms with Crippen molar-refractivity contribution >= 4 is 11.9 Å². The van der Waals surface area contributed by atoms with E-state index in [2.05, 4.69) is 21.7 Å². The molecule has 1 saturated heterocycles. The van der Waals surface area contributed by atoms with Gasteiger partial charge in [-0.25, -0.2) is 0 Å². The van der Waals surface area contributed by atoms with Crippen LogP contribution < -0.4 is 4.74 Å². The molecule has 0 aromatic heterocycles. The van der Waals surface area contributed by atoms with Gasteiger partial charge in [0.2, 0.25) is 5.96 Å². The van der Waals surface area contributed by atoms with Gasteiger partial charge in [0.15, 0.2) is 0 Å². The molecule has 2 aliphatic rings. The Morgan fingerprint density at radius 3 is 2.42 bits per heavy atom. The molecule has 2 heterocycles. The maximum atomic E-state index is 12.9. The van der Waals surface area contributed by atoms with E-state index in [0.717, 1.165) is 44.4 Å². The monoisotopic (exact) mass is 330 g/mol. The van der Waals surface area contributed by atoms with Crippen LogP contribution in [0, 0.1) is 0 Å². The van der Waals surface area contributed by atoms with Crippen LogP contribution in [0.25, 0.3) is 0 Å². The minimum absolute atomic E-state index is 0.0206. The van der Waals surface area contributed by atoms with Crippen molar-refractivity contribution in [3.05, 3.63) is 29.8 Å². The normalized spacial score (nSPS) is 18.7. The summed E-state index contributed by atoms with van der Waals surface area (Å²) in [5, 5.41) is 0. The molecule has 3 rings (SSSR count). The summed E-state index contributed by atoms with van der Waals surface area (Å²) < 4.78 is 5.44.